The van der Waals surface area contributed by atoms with Crippen LogP contribution in [0.5, 0.6) is 0 Å². The zero-order chi connectivity index (χ0) is 15.5. The number of nitrogens with one attached hydrogen (secondary N) is 1. The first-order valence-electron chi connectivity index (χ1n) is 7.35. The van der Waals surface area contributed by atoms with Gasteiger partial charge in [-0.15, -0.1) is 0 Å². The van der Waals surface area contributed by atoms with Crippen molar-refractivity contribution < 1.29 is 13.2 Å². The molecule has 1 aromatic rings. The van der Waals surface area contributed by atoms with Crippen LogP contribution in [0.4, 0.5) is 0 Å². The van der Waals surface area contributed by atoms with Crippen molar-refractivity contribution in [3.63, 3.8) is 0 Å². The molecule has 0 aliphatic heterocycles. The van der Waals surface area contributed by atoms with Gasteiger partial charge in [0.2, 0.25) is 0 Å². The molecule has 1 heterocycles. The third kappa shape index (κ3) is 4.23. The second-order valence-electron chi connectivity index (χ2n) is 5.50. The number of hydrogen-bond acceptors (Lipinski definition) is 3. The minimum absolute atomic E-state index is 0.0335. The van der Waals surface area contributed by atoms with Crippen LogP contribution < -0.4 is 5.32 Å². The molecule has 2 rings (SSSR count). The van der Waals surface area contributed by atoms with E-state index in [-0.39, 0.29) is 10.8 Å². The number of rotatable bonds is 5. The van der Waals surface area contributed by atoms with Crippen LogP contribution in [0.25, 0.3) is 0 Å². The molecule has 1 aliphatic carbocycles. The fourth-order valence-corrected chi connectivity index (χ4v) is 3.55. The standard InChI is InChI=1S/C14H21ClN2O3S/c1-2-17-10-12(21(15,19)20)8-13(17)14(18)16-9-11-6-4-3-5-7-11/h8,10-11H,2-7,9H2,1H3,(H,16,18). The number of carbonyl (C=O) groups is 1. The van der Waals surface area contributed by atoms with Crippen LogP contribution in [0.1, 0.15) is 49.5 Å². The summed E-state index contributed by atoms with van der Waals surface area (Å²) in [5.41, 5.74) is 0.340. The summed E-state index contributed by atoms with van der Waals surface area (Å²) in [6.45, 7) is 3.01. The van der Waals surface area contributed by atoms with E-state index in [0.29, 0.717) is 24.7 Å². The van der Waals surface area contributed by atoms with Crippen molar-refractivity contribution >= 4 is 25.6 Å². The van der Waals surface area contributed by atoms with E-state index in [2.05, 4.69) is 5.32 Å². The van der Waals surface area contributed by atoms with Crippen LogP contribution in [0.2, 0.25) is 0 Å². The SMILES string of the molecule is CCn1cc(S(=O)(=O)Cl)cc1C(=O)NCC1CCCCC1. The summed E-state index contributed by atoms with van der Waals surface area (Å²) >= 11 is 0. The van der Waals surface area contributed by atoms with Crippen molar-refractivity contribution in [1.29, 1.82) is 0 Å². The molecule has 0 aromatic carbocycles. The summed E-state index contributed by atoms with van der Waals surface area (Å²) < 4.78 is 24.3. The van der Waals surface area contributed by atoms with Gasteiger partial charge in [0, 0.05) is 30.0 Å². The van der Waals surface area contributed by atoms with Gasteiger partial charge in [-0.3, -0.25) is 4.79 Å². The summed E-state index contributed by atoms with van der Waals surface area (Å²) in [5, 5.41) is 2.91. The predicted octanol–water partition coefficient (Wildman–Crippen LogP) is 2.75. The van der Waals surface area contributed by atoms with Gasteiger partial charge in [0.15, 0.2) is 0 Å². The molecule has 0 radical (unpaired) electrons. The predicted molar refractivity (Wildman–Crippen MR) is 82.1 cm³/mol. The second-order valence-corrected chi connectivity index (χ2v) is 8.06. The molecule has 0 atom stereocenters. The molecule has 0 unspecified atom stereocenters. The number of nitrogens with zero attached hydrogens (tertiary/aromatic N) is 1. The summed E-state index contributed by atoms with van der Waals surface area (Å²) in [6.07, 6.45) is 7.42. The molecule has 5 nitrogen and oxygen atoms in total. The zero-order valence-electron chi connectivity index (χ0n) is 12.1. The van der Waals surface area contributed by atoms with Crippen molar-refractivity contribution in [3.8, 4) is 0 Å². The Balaban J connectivity index is 2.05. The average molecular weight is 333 g/mol. The lowest BCUT2D eigenvalue weighted by atomic mass is 9.89. The normalized spacial score (nSPS) is 16.9. The van der Waals surface area contributed by atoms with Crippen molar-refractivity contribution in [1.82, 2.24) is 9.88 Å². The maximum Gasteiger partial charge on any atom is 0.267 e. The Labute approximate surface area is 130 Å². The van der Waals surface area contributed by atoms with Gasteiger partial charge in [0.25, 0.3) is 15.0 Å². The first-order chi connectivity index (χ1) is 9.91. The molecule has 1 N–H and O–H groups in total. The van der Waals surface area contributed by atoms with Crippen molar-refractivity contribution in [2.45, 2.75) is 50.5 Å². The van der Waals surface area contributed by atoms with Gasteiger partial charge in [-0.05, 0) is 31.7 Å². The molecule has 1 saturated carbocycles. The largest absolute Gasteiger partial charge is 0.350 e. The minimum Gasteiger partial charge on any atom is -0.350 e. The van der Waals surface area contributed by atoms with E-state index >= 15 is 0 Å². The van der Waals surface area contributed by atoms with Crippen molar-refractivity contribution in [3.05, 3.63) is 18.0 Å². The Hall–Kier alpha value is -1.01. The molecular formula is C14H21ClN2O3S. The summed E-state index contributed by atoms with van der Waals surface area (Å²) in [6, 6.07) is 1.34. The number of halogens is 1. The highest BCUT2D eigenvalue weighted by Crippen LogP contribution is 2.23. The van der Waals surface area contributed by atoms with Gasteiger partial charge in [-0.25, -0.2) is 8.42 Å². The van der Waals surface area contributed by atoms with Crippen LogP contribution in [-0.2, 0) is 15.6 Å². The third-order valence-corrected chi connectivity index (χ3v) is 5.32. The van der Waals surface area contributed by atoms with Gasteiger partial charge in [0.1, 0.15) is 10.6 Å². The lowest BCUT2D eigenvalue weighted by molar-refractivity contribution is 0.0934. The van der Waals surface area contributed by atoms with Crippen LogP contribution >= 0.6 is 10.7 Å². The Kier molecular flexibility index (Phi) is 5.32. The lowest BCUT2D eigenvalue weighted by Crippen LogP contribution is -2.31. The van der Waals surface area contributed by atoms with Crippen LogP contribution in [0.15, 0.2) is 17.2 Å². The van der Waals surface area contributed by atoms with Gasteiger partial charge >= 0.3 is 0 Å². The van der Waals surface area contributed by atoms with E-state index in [9.17, 15) is 13.2 Å². The molecule has 1 aromatic heterocycles. The van der Waals surface area contributed by atoms with E-state index in [0.717, 1.165) is 12.8 Å². The first kappa shape index (κ1) is 16.4. The smallest absolute Gasteiger partial charge is 0.267 e. The fraction of sp³-hybridized carbons (Fsp3) is 0.643. The maximum absolute atomic E-state index is 12.2. The average Bonchev–Trinajstić information content (AvgIpc) is 2.90. The number of hydrogen-bond donors (Lipinski definition) is 1. The molecule has 0 spiro atoms. The molecule has 118 valence electrons. The molecule has 21 heavy (non-hydrogen) atoms. The topological polar surface area (TPSA) is 68.2 Å². The highest BCUT2D eigenvalue weighted by Gasteiger charge is 2.20. The van der Waals surface area contributed by atoms with E-state index in [1.807, 2.05) is 6.92 Å². The monoisotopic (exact) mass is 332 g/mol. The molecule has 1 amide bonds. The Morgan fingerprint density at radius 3 is 2.62 bits per heavy atom. The minimum atomic E-state index is -3.81. The number of aromatic nitrogens is 1. The Morgan fingerprint density at radius 1 is 1.38 bits per heavy atom. The van der Waals surface area contributed by atoms with Crippen molar-refractivity contribution in [2.75, 3.05) is 6.54 Å². The molecule has 0 bridgehead atoms. The summed E-state index contributed by atoms with van der Waals surface area (Å²) in [7, 11) is 1.52. The van der Waals surface area contributed by atoms with E-state index in [1.54, 1.807) is 4.57 Å². The highest BCUT2D eigenvalue weighted by molar-refractivity contribution is 8.13. The van der Waals surface area contributed by atoms with Crippen molar-refractivity contribution in [2.24, 2.45) is 5.92 Å². The Morgan fingerprint density at radius 2 is 2.05 bits per heavy atom. The van der Waals surface area contributed by atoms with Crippen LogP contribution in [0, 0.1) is 5.92 Å². The molecule has 0 saturated heterocycles. The summed E-state index contributed by atoms with van der Waals surface area (Å²) in [5.74, 6) is 0.290. The molecule has 7 heteroatoms. The summed E-state index contributed by atoms with van der Waals surface area (Å²) in [4.78, 5) is 12.2. The third-order valence-electron chi connectivity index (χ3n) is 4.00. The van der Waals surface area contributed by atoms with Gasteiger partial charge < -0.3 is 9.88 Å². The Bertz CT molecular complexity index is 604. The highest BCUT2D eigenvalue weighted by atomic mass is 35.7. The molecule has 1 aliphatic rings. The lowest BCUT2D eigenvalue weighted by Gasteiger charge is -2.21. The fourth-order valence-electron chi connectivity index (χ4n) is 2.79. The number of aryl methyl sites for hydroxylation is 1. The van der Waals surface area contributed by atoms with Gasteiger partial charge in [-0.1, -0.05) is 19.3 Å². The maximum atomic E-state index is 12.2. The van der Waals surface area contributed by atoms with E-state index in [4.69, 9.17) is 10.7 Å². The van der Waals surface area contributed by atoms with E-state index in [1.165, 1.54) is 31.5 Å². The zero-order valence-corrected chi connectivity index (χ0v) is 13.7. The van der Waals surface area contributed by atoms with E-state index < -0.39 is 9.05 Å². The van der Waals surface area contributed by atoms with Gasteiger partial charge in [-0.2, -0.15) is 0 Å². The number of amides is 1. The quantitative estimate of drug-likeness (QED) is 0.843. The van der Waals surface area contributed by atoms with Crippen LogP contribution in [0.3, 0.4) is 0 Å². The molecule has 1 fully saturated rings. The first-order valence-corrected chi connectivity index (χ1v) is 9.65. The number of carbonyl (C=O) groups excluding carboxylic acids is 1. The van der Waals surface area contributed by atoms with Crippen LogP contribution in [-0.4, -0.2) is 25.4 Å². The second kappa shape index (κ2) is 6.83. The van der Waals surface area contributed by atoms with Gasteiger partial charge in [0.05, 0.1) is 0 Å². The molecular weight excluding hydrogens is 312 g/mol.